The highest BCUT2D eigenvalue weighted by molar-refractivity contribution is 7.99. The van der Waals surface area contributed by atoms with Crippen molar-refractivity contribution in [2.45, 2.75) is 48.4 Å². The Hall–Kier alpha value is -3.51. The molecule has 0 radical (unpaired) electrons. The Balaban J connectivity index is 1.31. The average molecular weight is 620 g/mol. The van der Waals surface area contributed by atoms with Crippen molar-refractivity contribution in [1.29, 1.82) is 0 Å². The zero-order valence-electron chi connectivity index (χ0n) is 23.5. The number of hydrogen-bond acceptors (Lipinski definition) is 7. The lowest BCUT2D eigenvalue weighted by atomic mass is 9.91. The van der Waals surface area contributed by atoms with Gasteiger partial charge in [0.2, 0.25) is 10.0 Å². The van der Waals surface area contributed by atoms with E-state index in [4.69, 9.17) is 9.47 Å². The van der Waals surface area contributed by atoms with Crippen molar-refractivity contribution in [2.24, 2.45) is 5.92 Å². The average Bonchev–Trinajstić information content (AvgIpc) is 3.04. The Bertz CT molecular complexity index is 1610. The summed E-state index contributed by atoms with van der Waals surface area (Å²) in [5.41, 5.74) is 3.63. The smallest absolute Gasteiger partial charge is 0.335 e. The number of ether oxygens (including phenoxy) is 2. The van der Waals surface area contributed by atoms with E-state index in [-0.39, 0.29) is 41.7 Å². The van der Waals surface area contributed by atoms with Crippen LogP contribution in [0.3, 0.4) is 0 Å². The highest BCUT2D eigenvalue weighted by atomic mass is 32.2. The van der Waals surface area contributed by atoms with Crippen LogP contribution in [0.15, 0.2) is 113 Å². The van der Waals surface area contributed by atoms with Crippen LogP contribution in [0.25, 0.3) is 0 Å². The van der Waals surface area contributed by atoms with Crippen LogP contribution in [0.1, 0.15) is 51.9 Å². The van der Waals surface area contributed by atoms with Crippen molar-refractivity contribution in [3.8, 4) is 0 Å². The van der Waals surface area contributed by atoms with Crippen molar-refractivity contribution in [2.75, 3.05) is 5.75 Å². The fourth-order valence-electron chi connectivity index (χ4n) is 4.84. The van der Waals surface area contributed by atoms with Crippen LogP contribution in [-0.4, -0.2) is 36.5 Å². The highest BCUT2D eigenvalue weighted by Gasteiger charge is 2.38. The van der Waals surface area contributed by atoms with E-state index in [0.717, 1.165) is 27.1 Å². The number of nitrogens with one attached hydrogen (secondary N) is 1. The Morgan fingerprint density at radius 1 is 0.837 bits per heavy atom. The maximum Gasteiger partial charge on any atom is 0.335 e. The van der Waals surface area contributed by atoms with Crippen LogP contribution < -0.4 is 4.72 Å². The zero-order chi connectivity index (χ0) is 30.4. The molecular weight excluding hydrogens is 586 g/mol. The minimum Gasteiger partial charge on any atom is -0.478 e. The van der Waals surface area contributed by atoms with Crippen LogP contribution in [0, 0.1) is 5.92 Å². The van der Waals surface area contributed by atoms with E-state index in [1.165, 1.54) is 0 Å². The van der Waals surface area contributed by atoms with Gasteiger partial charge in [-0.3, -0.25) is 0 Å². The minimum atomic E-state index is -3.63. The normalized spacial score (nSPS) is 20.5. The number of benzene rings is 4. The number of thioether (sulfide) groups is 1. The summed E-state index contributed by atoms with van der Waals surface area (Å²) >= 11 is 1.59. The summed E-state index contributed by atoms with van der Waals surface area (Å²) in [5, 5.41) is 18.7. The van der Waals surface area contributed by atoms with Crippen molar-refractivity contribution in [3.63, 3.8) is 0 Å². The first-order valence-electron chi connectivity index (χ1n) is 13.8. The van der Waals surface area contributed by atoms with Crippen molar-refractivity contribution in [1.82, 2.24) is 4.72 Å². The summed E-state index contributed by atoms with van der Waals surface area (Å²) in [7, 11) is -3.63. The third-order valence-electron chi connectivity index (χ3n) is 7.41. The second kappa shape index (κ2) is 13.9. The van der Waals surface area contributed by atoms with Crippen molar-refractivity contribution >= 4 is 27.8 Å². The Kier molecular flexibility index (Phi) is 9.97. The van der Waals surface area contributed by atoms with E-state index in [2.05, 4.69) is 11.6 Å². The second-order valence-corrected chi connectivity index (χ2v) is 13.2. The summed E-state index contributed by atoms with van der Waals surface area (Å²) < 4.78 is 40.9. The first-order valence-corrected chi connectivity index (χ1v) is 16.3. The molecule has 0 aromatic heterocycles. The van der Waals surface area contributed by atoms with Gasteiger partial charge in [0, 0.05) is 28.7 Å². The van der Waals surface area contributed by atoms with Gasteiger partial charge in [0.15, 0.2) is 6.29 Å². The number of carbonyl (C=O) groups is 1. The molecule has 1 fully saturated rings. The van der Waals surface area contributed by atoms with Gasteiger partial charge in [-0.05, 0) is 53.1 Å². The number of sulfonamides is 1. The molecule has 4 atom stereocenters. The molecule has 0 amide bonds. The van der Waals surface area contributed by atoms with Crippen molar-refractivity contribution in [3.05, 3.63) is 131 Å². The lowest BCUT2D eigenvalue weighted by Crippen LogP contribution is -2.38. The lowest BCUT2D eigenvalue weighted by Gasteiger charge is -2.41. The molecule has 1 aliphatic rings. The summed E-state index contributed by atoms with van der Waals surface area (Å²) in [6, 6.07) is 30.2. The molecule has 8 nitrogen and oxygen atoms in total. The molecule has 5 rings (SSSR count). The van der Waals surface area contributed by atoms with Gasteiger partial charge >= 0.3 is 5.97 Å². The maximum absolute atomic E-state index is 12.6. The van der Waals surface area contributed by atoms with Gasteiger partial charge in [0.25, 0.3) is 0 Å². The standard InChI is InChI=1S/C33H33NO7S2/c1-22-30(21-42-28-17-15-26(16-18-28)32(36)37)40-33(41-31(22)25-11-9-24(20-35)10-12-25)27-13-7-23(8-14-27)19-34-43(38,39)29-5-3-2-4-6-29/h2-18,22,30-31,33-35H,19-21H2,1H3,(H,36,37)/t22-,30+,31+,33+/m1/s1. The van der Waals surface area contributed by atoms with E-state index < -0.39 is 22.3 Å². The first-order chi connectivity index (χ1) is 20.7. The molecule has 0 saturated carbocycles. The van der Waals surface area contributed by atoms with Gasteiger partial charge in [0.05, 0.1) is 29.3 Å². The molecule has 1 saturated heterocycles. The fraction of sp³-hybridized carbons (Fsp3) is 0.242. The molecule has 1 aliphatic heterocycles. The number of aromatic carboxylic acids is 1. The lowest BCUT2D eigenvalue weighted by molar-refractivity contribution is -0.268. The molecule has 0 spiro atoms. The van der Waals surface area contributed by atoms with Crippen molar-refractivity contribution < 1.29 is 32.9 Å². The number of aliphatic hydroxyl groups is 1. The van der Waals surface area contributed by atoms with Crippen LogP contribution in [0.4, 0.5) is 0 Å². The van der Waals surface area contributed by atoms with E-state index in [0.29, 0.717) is 5.75 Å². The van der Waals surface area contributed by atoms with E-state index in [1.54, 1.807) is 66.4 Å². The van der Waals surface area contributed by atoms with Gasteiger partial charge in [-0.1, -0.05) is 73.7 Å². The predicted octanol–water partition coefficient (Wildman–Crippen LogP) is 5.94. The Morgan fingerprint density at radius 3 is 2.09 bits per heavy atom. The van der Waals surface area contributed by atoms with Gasteiger partial charge in [-0.15, -0.1) is 11.8 Å². The van der Waals surface area contributed by atoms with Crippen LogP contribution >= 0.6 is 11.8 Å². The van der Waals surface area contributed by atoms with Gasteiger partial charge in [-0.25, -0.2) is 17.9 Å². The molecule has 3 N–H and O–H groups in total. The Labute approximate surface area is 255 Å². The van der Waals surface area contributed by atoms with Crippen LogP contribution in [-0.2, 0) is 32.6 Å². The number of hydrogen-bond donors (Lipinski definition) is 3. The quantitative estimate of drug-likeness (QED) is 0.176. The number of carboxylic acid groups (broad SMARTS) is 1. The van der Waals surface area contributed by atoms with E-state index >= 15 is 0 Å². The molecule has 4 aromatic carbocycles. The van der Waals surface area contributed by atoms with E-state index in [1.807, 2.05) is 48.5 Å². The number of carboxylic acids is 1. The van der Waals surface area contributed by atoms with Crippen LogP contribution in [0.2, 0.25) is 0 Å². The molecule has 10 heteroatoms. The first kappa shape index (κ1) is 30.9. The largest absolute Gasteiger partial charge is 0.478 e. The SMILES string of the molecule is C[C@@H]1[C@H](CSc2ccc(C(=O)O)cc2)O[C@H](c2ccc(CNS(=O)(=O)c3ccccc3)cc2)O[C@@H]1c1ccc(CO)cc1. The fourth-order valence-corrected chi connectivity index (χ4v) is 6.94. The van der Waals surface area contributed by atoms with Gasteiger partial charge < -0.3 is 19.7 Å². The Morgan fingerprint density at radius 2 is 1.47 bits per heavy atom. The number of aliphatic hydroxyl groups excluding tert-OH is 1. The maximum atomic E-state index is 12.6. The summed E-state index contributed by atoms with van der Waals surface area (Å²) in [5.74, 6) is -0.345. The predicted molar refractivity (Wildman–Crippen MR) is 164 cm³/mol. The highest BCUT2D eigenvalue weighted by Crippen LogP contribution is 2.43. The van der Waals surface area contributed by atoms with E-state index in [9.17, 15) is 23.4 Å². The van der Waals surface area contributed by atoms with Crippen LogP contribution in [0.5, 0.6) is 0 Å². The second-order valence-electron chi connectivity index (χ2n) is 10.3. The molecule has 0 bridgehead atoms. The molecular formula is C33H33NO7S2. The third kappa shape index (κ3) is 7.72. The summed E-state index contributed by atoms with van der Waals surface area (Å²) in [4.78, 5) is 12.4. The minimum absolute atomic E-state index is 0.00585. The molecule has 43 heavy (non-hydrogen) atoms. The topological polar surface area (TPSA) is 122 Å². The van der Waals surface area contributed by atoms with Gasteiger partial charge in [-0.2, -0.15) is 0 Å². The van der Waals surface area contributed by atoms with Gasteiger partial charge in [0.1, 0.15) is 0 Å². The molecule has 0 aliphatic carbocycles. The molecule has 4 aromatic rings. The third-order valence-corrected chi connectivity index (χ3v) is 9.93. The number of rotatable bonds is 11. The summed E-state index contributed by atoms with van der Waals surface area (Å²) in [6.45, 7) is 2.18. The monoisotopic (exact) mass is 619 g/mol. The zero-order valence-corrected chi connectivity index (χ0v) is 25.1. The summed E-state index contributed by atoms with van der Waals surface area (Å²) in [6.07, 6.45) is -1.12. The molecule has 0 unspecified atom stereocenters. The molecule has 1 heterocycles. The molecule has 224 valence electrons.